The molecule has 0 bridgehead atoms. The van der Waals surface area contributed by atoms with E-state index < -0.39 is 35.1 Å². The fraction of sp³-hybridized carbons (Fsp3) is 0.552. The molecule has 0 radical (unpaired) electrons. The monoisotopic (exact) mass is 546 g/mol. The van der Waals surface area contributed by atoms with Gasteiger partial charge in [-0.1, -0.05) is 12.1 Å². The average molecular weight is 547 g/mol. The first kappa shape index (κ1) is 30.4. The van der Waals surface area contributed by atoms with E-state index >= 15 is 0 Å². The summed E-state index contributed by atoms with van der Waals surface area (Å²) in [6.45, 7) is 8.97. The zero-order valence-corrected chi connectivity index (χ0v) is 23.1. The smallest absolute Gasteiger partial charge is 0.326 e. The van der Waals surface area contributed by atoms with Crippen LogP contribution >= 0.6 is 0 Å². The van der Waals surface area contributed by atoms with Gasteiger partial charge in [-0.25, -0.2) is 18.6 Å². The molecule has 0 spiro atoms. The third kappa shape index (κ3) is 9.85. The van der Waals surface area contributed by atoms with Crippen molar-refractivity contribution in [2.45, 2.75) is 70.9 Å². The van der Waals surface area contributed by atoms with Crippen molar-refractivity contribution in [3.63, 3.8) is 0 Å². The van der Waals surface area contributed by atoms with Crippen molar-refractivity contribution < 1.29 is 28.2 Å². The topological polar surface area (TPSA) is 104 Å². The van der Waals surface area contributed by atoms with Gasteiger partial charge in [0.2, 0.25) is 0 Å². The number of anilines is 1. The second-order valence-corrected chi connectivity index (χ2v) is 10.8. The van der Waals surface area contributed by atoms with Gasteiger partial charge in [0, 0.05) is 25.3 Å². The highest BCUT2D eigenvalue weighted by Gasteiger charge is 2.25. The molecule has 3 rings (SSSR count). The Morgan fingerprint density at radius 1 is 1.13 bits per heavy atom. The van der Waals surface area contributed by atoms with E-state index in [0.717, 1.165) is 68.4 Å². The largest absolute Gasteiger partial charge is 0.480 e. The molecule has 1 atom stereocenters. The number of fused-ring (bicyclic) bond motifs is 1. The molecule has 1 aromatic carbocycles. The summed E-state index contributed by atoms with van der Waals surface area (Å²) >= 11 is 0. The van der Waals surface area contributed by atoms with Gasteiger partial charge in [0.25, 0.3) is 5.91 Å². The number of carbonyl (C=O) groups excluding carboxylic acids is 1. The SMILES string of the molecule is CC(C)(C)OCCN(CCCCc1ccc2c(n1)NCCC2)CCC(NC(=O)c1c(F)cccc1F)C(=O)O. The van der Waals surface area contributed by atoms with Gasteiger partial charge in [-0.2, -0.15) is 0 Å². The van der Waals surface area contributed by atoms with Crippen molar-refractivity contribution in [3.8, 4) is 0 Å². The second-order valence-electron chi connectivity index (χ2n) is 10.8. The van der Waals surface area contributed by atoms with E-state index in [0.29, 0.717) is 26.2 Å². The number of nitrogens with zero attached hydrogens (tertiary/aromatic N) is 2. The number of aliphatic carboxylic acids is 1. The predicted molar refractivity (Wildman–Crippen MR) is 146 cm³/mol. The van der Waals surface area contributed by atoms with Gasteiger partial charge in [-0.3, -0.25) is 4.79 Å². The fourth-order valence-corrected chi connectivity index (χ4v) is 4.48. The summed E-state index contributed by atoms with van der Waals surface area (Å²) in [5.41, 5.74) is 1.21. The molecule has 3 N–H and O–H groups in total. The number of carboxylic acids is 1. The maximum absolute atomic E-state index is 14.0. The summed E-state index contributed by atoms with van der Waals surface area (Å²) in [5.74, 6) is -3.45. The molecule has 1 aromatic heterocycles. The van der Waals surface area contributed by atoms with Crippen LogP contribution in [0, 0.1) is 11.6 Å². The molecule has 1 unspecified atom stereocenters. The standard InChI is InChI=1S/C29H40F2N4O4/c1-29(2,3)39-19-18-35(16-5-4-9-21-13-12-20-8-7-15-32-26(20)33-21)17-14-24(28(37)38)34-27(36)25-22(30)10-6-11-23(25)31/h6,10-13,24H,4-5,7-9,14-19H2,1-3H3,(H,32,33)(H,34,36)(H,37,38). The predicted octanol–water partition coefficient (Wildman–Crippen LogP) is 4.43. The highest BCUT2D eigenvalue weighted by Crippen LogP contribution is 2.20. The molecule has 1 aliphatic heterocycles. The van der Waals surface area contributed by atoms with Crippen molar-refractivity contribution in [2.24, 2.45) is 0 Å². The van der Waals surface area contributed by atoms with Crippen LogP contribution in [-0.4, -0.2) is 71.3 Å². The first-order valence-electron chi connectivity index (χ1n) is 13.6. The molecule has 0 saturated carbocycles. The van der Waals surface area contributed by atoms with E-state index in [-0.39, 0.29) is 12.0 Å². The maximum atomic E-state index is 14.0. The molecule has 1 amide bonds. The normalized spacial score (nSPS) is 14.0. The molecule has 214 valence electrons. The maximum Gasteiger partial charge on any atom is 0.326 e. The van der Waals surface area contributed by atoms with Crippen LogP contribution in [0.15, 0.2) is 30.3 Å². The summed E-state index contributed by atoms with van der Waals surface area (Å²) in [6, 6.07) is 6.00. The first-order valence-corrected chi connectivity index (χ1v) is 13.6. The molecule has 0 fully saturated rings. The van der Waals surface area contributed by atoms with Gasteiger partial charge < -0.3 is 25.4 Å². The number of nitrogens with one attached hydrogen (secondary N) is 2. The van der Waals surface area contributed by atoms with Crippen molar-refractivity contribution >= 4 is 17.7 Å². The zero-order valence-electron chi connectivity index (χ0n) is 23.1. The fourth-order valence-electron chi connectivity index (χ4n) is 4.48. The number of hydrogen-bond acceptors (Lipinski definition) is 6. The Kier molecular flexibility index (Phi) is 11.2. The zero-order chi connectivity index (χ0) is 28.4. The number of pyridine rings is 1. The van der Waals surface area contributed by atoms with Crippen molar-refractivity contribution in [2.75, 3.05) is 38.1 Å². The number of carbonyl (C=O) groups is 2. The Balaban J connectivity index is 1.55. The van der Waals surface area contributed by atoms with Crippen LogP contribution in [0.5, 0.6) is 0 Å². The van der Waals surface area contributed by atoms with Crippen LogP contribution in [0.3, 0.4) is 0 Å². The van der Waals surface area contributed by atoms with Crippen molar-refractivity contribution in [3.05, 3.63) is 58.8 Å². The number of ether oxygens (including phenoxy) is 1. The molecule has 2 aromatic rings. The molecular formula is C29H40F2N4O4. The van der Waals surface area contributed by atoms with E-state index in [9.17, 15) is 23.5 Å². The first-order chi connectivity index (χ1) is 18.5. The van der Waals surface area contributed by atoms with Gasteiger partial charge in [0.1, 0.15) is 29.1 Å². The van der Waals surface area contributed by atoms with E-state index in [4.69, 9.17) is 9.72 Å². The quantitative estimate of drug-likeness (QED) is 0.301. The van der Waals surface area contributed by atoms with Gasteiger partial charge in [-0.05, 0) is 89.6 Å². The number of carboxylic acid groups (broad SMARTS) is 1. The van der Waals surface area contributed by atoms with Gasteiger partial charge in [-0.15, -0.1) is 0 Å². The summed E-state index contributed by atoms with van der Waals surface area (Å²) in [4.78, 5) is 31.2. The third-order valence-corrected chi connectivity index (χ3v) is 6.58. The molecule has 10 heteroatoms. The van der Waals surface area contributed by atoms with Crippen LogP contribution in [0.25, 0.3) is 0 Å². The number of benzene rings is 1. The number of hydrogen-bond donors (Lipinski definition) is 3. The minimum Gasteiger partial charge on any atom is -0.480 e. The van der Waals surface area contributed by atoms with Crippen molar-refractivity contribution in [1.29, 1.82) is 0 Å². The Bertz CT molecular complexity index is 1100. The Morgan fingerprint density at radius 3 is 2.56 bits per heavy atom. The Labute approximate surface area is 229 Å². The minimum absolute atomic E-state index is 0.0741. The van der Waals surface area contributed by atoms with Crippen LogP contribution in [-0.2, 0) is 22.4 Å². The van der Waals surface area contributed by atoms with Gasteiger partial charge >= 0.3 is 5.97 Å². The summed E-state index contributed by atoms with van der Waals surface area (Å²) in [5, 5.41) is 15.3. The Morgan fingerprint density at radius 2 is 1.87 bits per heavy atom. The number of amides is 1. The number of aromatic nitrogens is 1. The number of halogens is 2. The summed E-state index contributed by atoms with van der Waals surface area (Å²) < 4.78 is 33.9. The third-order valence-electron chi connectivity index (χ3n) is 6.58. The Hall–Kier alpha value is -3.11. The van der Waals surface area contributed by atoms with E-state index in [1.54, 1.807) is 0 Å². The molecule has 2 heterocycles. The number of unbranched alkanes of at least 4 members (excludes halogenated alkanes) is 1. The summed E-state index contributed by atoms with van der Waals surface area (Å²) in [6.07, 6.45) is 4.86. The second kappa shape index (κ2) is 14.3. The number of rotatable bonds is 14. The lowest BCUT2D eigenvalue weighted by Crippen LogP contribution is -2.44. The minimum atomic E-state index is -1.30. The molecule has 1 aliphatic rings. The summed E-state index contributed by atoms with van der Waals surface area (Å²) in [7, 11) is 0. The van der Waals surface area contributed by atoms with Crippen LogP contribution in [0.4, 0.5) is 14.6 Å². The van der Waals surface area contributed by atoms with Crippen LogP contribution < -0.4 is 10.6 Å². The molecule has 0 aliphatic carbocycles. The lowest BCUT2D eigenvalue weighted by molar-refractivity contribution is -0.139. The van der Waals surface area contributed by atoms with Crippen LogP contribution in [0.1, 0.15) is 68.1 Å². The van der Waals surface area contributed by atoms with E-state index in [1.165, 1.54) is 5.56 Å². The van der Waals surface area contributed by atoms with E-state index in [1.807, 2.05) is 20.8 Å². The average Bonchev–Trinajstić information content (AvgIpc) is 2.87. The molecule has 8 nitrogen and oxygen atoms in total. The highest BCUT2D eigenvalue weighted by atomic mass is 19.1. The van der Waals surface area contributed by atoms with E-state index in [2.05, 4.69) is 27.7 Å². The lowest BCUT2D eigenvalue weighted by Gasteiger charge is -2.27. The number of aryl methyl sites for hydroxylation is 2. The molecular weight excluding hydrogens is 506 g/mol. The van der Waals surface area contributed by atoms with Crippen molar-refractivity contribution in [1.82, 2.24) is 15.2 Å². The van der Waals surface area contributed by atoms with Gasteiger partial charge in [0.15, 0.2) is 0 Å². The highest BCUT2D eigenvalue weighted by molar-refractivity contribution is 5.97. The van der Waals surface area contributed by atoms with Crippen LogP contribution in [0.2, 0.25) is 0 Å². The van der Waals surface area contributed by atoms with Gasteiger partial charge in [0.05, 0.1) is 12.2 Å². The lowest BCUT2D eigenvalue weighted by atomic mass is 10.1. The molecule has 39 heavy (non-hydrogen) atoms. The molecule has 0 saturated heterocycles.